The van der Waals surface area contributed by atoms with Gasteiger partial charge in [-0.1, -0.05) is 127 Å². The molecule has 1 aromatic heterocycles. The molecule has 4 heteroatoms. The zero-order valence-electron chi connectivity index (χ0n) is 27.0. The second-order valence-corrected chi connectivity index (χ2v) is 12.1. The first-order valence-corrected chi connectivity index (χ1v) is 16.3. The third kappa shape index (κ3) is 5.90. The van der Waals surface area contributed by atoms with E-state index in [9.17, 15) is 5.26 Å². The molecule has 8 rings (SSSR count). The van der Waals surface area contributed by atoms with E-state index in [4.69, 9.17) is 16.5 Å². The van der Waals surface area contributed by atoms with Gasteiger partial charge < -0.3 is 0 Å². The molecule has 0 N–H and O–H groups in total. The molecule has 232 valence electrons. The van der Waals surface area contributed by atoms with Crippen molar-refractivity contribution < 1.29 is 0 Å². The normalized spacial score (nSPS) is 10.8. The van der Waals surface area contributed by atoms with E-state index >= 15 is 0 Å². The number of benzene rings is 7. The maximum atomic E-state index is 9.70. The van der Waals surface area contributed by atoms with Gasteiger partial charge in [-0.25, -0.2) is 14.8 Å². The minimum Gasteiger partial charge on any atom is -0.238 e. The average Bonchev–Trinajstić information content (AvgIpc) is 3.20. The summed E-state index contributed by atoms with van der Waals surface area (Å²) in [5, 5.41) is 10.6. The molecule has 0 unspecified atom stereocenters. The monoisotopic (exact) mass is 636 g/mol. The Hall–Kier alpha value is -7.14. The van der Waals surface area contributed by atoms with Gasteiger partial charge in [0, 0.05) is 16.5 Å². The van der Waals surface area contributed by atoms with Crippen LogP contribution in [0.3, 0.4) is 0 Å². The van der Waals surface area contributed by atoms with Gasteiger partial charge >= 0.3 is 0 Å². The van der Waals surface area contributed by atoms with E-state index < -0.39 is 0 Å². The molecule has 0 fully saturated rings. The highest BCUT2D eigenvalue weighted by Gasteiger charge is 2.18. The summed E-state index contributed by atoms with van der Waals surface area (Å²) in [7, 11) is 0. The first-order valence-electron chi connectivity index (χ1n) is 16.3. The van der Waals surface area contributed by atoms with Crippen LogP contribution in [0.1, 0.15) is 5.56 Å². The molecule has 8 aromatic rings. The molecule has 0 spiro atoms. The molecule has 0 saturated heterocycles. The first kappa shape index (κ1) is 30.2. The highest BCUT2D eigenvalue weighted by Crippen LogP contribution is 2.40. The maximum Gasteiger partial charge on any atom is 0.187 e. The minimum absolute atomic E-state index is 0.511. The lowest BCUT2D eigenvalue weighted by Gasteiger charge is -2.16. The van der Waals surface area contributed by atoms with Crippen LogP contribution in [0.5, 0.6) is 0 Å². The van der Waals surface area contributed by atoms with Gasteiger partial charge in [0.2, 0.25) is 0 Å². The molecule has 0 radical (unpaired) electrons. The van der Waals surface area contributed by atoms with Crippen LogP contribution >= 0.6 is 0 Å². The Bertz CT molecular complexity index is 2610. The Morgan fingerprint density at radius 3 is 1.70 bits per heavy atom. The summed E-state index contributed by atoms with van der Waals surface area (Å²) in [6.07, 6.45) is 0. The molecule has 1 heterocycles. The van der Waals surface area contributed by atoms with Gasteiger partial charge in [-0.3, -0.25) is 0 Å². The molecule has 0 aliphatic carbocycles. The summed E-state index contributed by atoms with van der Waals surface area (Å²) in [5.41, 5.74) is 12.7. The van der Waals surface area contributed by atoms with Gasteiger partial charge in [0.15, 0.2) is 11.5 Å². The van der Waals surface area contributed by atoms with E-state index in [1.165, 1.54) is 0 Å². The molecular formula is C46H28N4. The highest BCUT2D eigenvalue weighted by molar-refractivity contribution is 6.05. The van der Waals surface area contributed by atoms with Crippen molar-refractivity contribution >= 4 is 16.6 Å². The van der Waals surface area contributed by atoms with E-state index in [2.05, 4.69) is 120 Å². The van der Waals surface area contributed by atoms with Crippen LogP contribution in [-0.2, 0) is 0 Å². The van der Waals surface area contributed by atoms with Crippen molar-refractivity contribution in [3.05, 3.63) is 187 Å². The van der Waals surface area contributed by atoms with Crippen molar-refractivity contribution in [3.63, 3.8) is 0 Å². The fraction of sp³-hybridized carbons (Fsp3) is 0. The molecule has 0 bridgehead atoms. The molecule has 0 atom stereocenters. The summed E-state index contributed by atoms with van der Waals surface area (Å²) in [4.78, 5) is 14.1. The summed E-state index contributed by atoms with van der Waals surface area (Å²) < 4.78 is 0. The lowest BCUT2D eigenvalue weighted by atomic mass is 9.91. The summed E-state index contributed by atoms with van der Waals surface area (Å²) >= 11 is 0. The van der Waals surface area contributed by atoms with Crippen molar-refractivity contribution in [1.82, 2.24) is 9.97 Å². The van der Waals surface area contributed by atoms with Crippen molar-refractivity contribution in [1.29, 1.82) is 5.26 Å². The predicted octanol–water partition coefficient (Wildman–Crippen LogP) is 12.1. The third-order valence-corrected chi connectivity index (χ3v) is 8.88. The molecule has 50 heavy (non-hydrogen) atoms. The highest BCUT2D eigenvalue weighted by atomic mass is 14.9. The number of fused-ring (bicyclic) bond motifs is 1. The Kier molecular flexibility index (Phi) is 7.95. The minimum atomic E-state index is 0.511. The SMILES string of the molecule is [C-]#[N+]c1cccc(-c2nc(-c3cccc(C#N)c3)nc3c(-c4cccc(-c5ccccc5)c4)cc(-c4cccc(-c5ccccc5)c4)cc23)c1. The van der Waals surface area contributed by atoms with Crippen LogP contribution < -0.4 is 0 Å². The van der Waals surface area contributed by atoms with Crippen LogP contribution in [0.4, 0.5) is 5.69 Å². The molecule has 0 amide bonds. The maximum absolute atomic E-state index is 9.70. The average molecular weight is 637 g/mol. The lowest BCUT2D eigenvalue weighted by molar-refractivity contribution is 1.23. The second-order valence-electron chi connectivity index (χ2n) is 12.1. The number of aromatic nitrogens is 2. The van der Waals surface area contributed by atoms with E-state index in [0.29, 0.717) is 17.1 Å². The number of hydrogen-bond donors (Lipinski definition) is 0. The number of nitriles is 1. The number of hydrogen-bond acceptors (Lipinski definition) is 3. The zero-order valence-corrected chi connectivity index (χ0v) is 27.0. The molecule has 7 aromatic carbocycles. The van der Waals surface area contributed by atoms with Crippen molar-refractivity contribution in [3.8, 4) is 73.2 Å². The first-order chi connectivity index (χ1) is 24.7. The van der Waals surface area contributed by atoms with Crippen LogP contribution in [0.25, 0.3) is 82.9 Å². The number of rotatable bonds is 6. The molecular weight excluding hydrogens is 609 g/mol. The fourth-order valence-corrected chi connectivity index (χ4v) is 6.42. The molecule has 4 nitrogen and oxygen atoms in total. The van der Waals surface area contributed by atoms with Crippen molar-refractivity contribution in [2.24, 2.45) is 0 Å². The van der Waals surface area contributed by atoms with E-state index in [-0.39, 0.29) is 0 Å². The Balaban J connectivity index is 1.45. The van der Waals surface area contributed by atoms with Crippen LogP contribution in [-0.4, -0.2) is 9.97 Å². The van der Waals surface area contributed by atoms with Gasteiger partial charge in [0.25, 0.3) is 0 Å². The van der Waals surface area contributed by atoms with Crippen LogP contribution in [0.15, 0.2) is 170 Å². The summed E-state index contributed by atoms with van der Waals surface area (Å²) in [6, 6.07) is 59.5. The second kappa shape index (κ2) is 13.2. The van der Waals surface area contributed by atoms with Crippen LogP contribution in [0.2, 0.25) is 0 Å². The van der Waals surface area contributed by atoms with Crippen molar-refractivity contribution in [2.45, 2.75) is 0 Å². The lowest BCUT2D eigenvalue weighted by Crippen LogP contribution is -1.98. The van der Waals surface area contributed by atoms with Crippen LogP contribution in [0, 0.1) is 17.9 Å². The van der Waals surface area contributed by atoms with Gasteiger partial charge in [0.1, 0.15) is 0 Å². The third-order valence-electron chi connectivity index (χ3n) is 8.88. The van der Waals surface area contributed by atoms with Gasteiger partial charge in [-0.2, -0.15) is 5.26 Å². The van der Waals surface area contributed by atoms with E-state index in [0.717, 1.165) is 72.2 Å². The summed E-state index contributed by atoms with van der Waals surface area (Å²) in [6.45, 7) is 7.72. The molecule has 0 saturated carbocycles. The Morgan fingerprint density at radius 1 is 0.460 bits per heavy atom. The standard InChI is InChI=1S/C46H28N4/c1-48-41-23-11-21-38(27-41)44-43-29-40(36-19-9-17-34(25-36)32-13-4-2-5-14-32)28-42(37-20-10-18-35(26-37)33-15-6-3-7-16-33)45(43)50-46(49-44)39-22-8-12-31(24-39)30-47/h2-29H. The quantitative estimate of drug-likeness (QED) is 0.171. The summed E-state index contributed by atoms with van der Waals surface area (Å²) in [5.74, 6) is 0.511. The smallest absolute Gasteiger partial charge is 0.187 e. The topological polar surface area (TPSA) is 53.9 Å². The number of nitrogens with zero attached hydrogens (tertiary/aromatic N) is 4. The van der Waals surface area contributed by atoms with Gasteiger partial charge in [0.05, 0.1) is 29.4 Å². The Morgan fingerprint density at radius 2 is 1.02 bits per heavy atom. The zero-order chi connectivity index (χ0) is 33.9. The van der Waals surface area contributed by atoms with Gasteiger partial charge in [-0.15, -0.1) is 0 Å². The van der Waals surface area contributed by atoms with E-state index in [1.54, 1.807) is 12.1 Å². The predicted molar refractivity (Wildman–Crippen MR) is 203 cm³/mol. The molecule has 0 aliphatic rings. The van der Waals surface area contributed by atoms with Gasteiger partial charge in [-0.05, 0) is 87.0 Å². The molecule has 0 aliphatic heterocycles. The Labute approximate surface area is 291 Å². The van der Waals surface area contributed by atoms with E-state index in [1.807, 2.05) is 48.5 Å². The van der Waals surface area contributed by atoms with Crippen molar-refractivity contribution in [2.75, 3.05) is 0 Å². The largest absolute Gasteiger partial charge is 0.238 e. The fourth-order valence-electron chi connectivity index (χ4n) is 6.42.